The van der Waals surface area contributed by atoms with Gasteiger partial charge in [0, 0.05) is 32.0 Å². The molecule has 18 heavy (non-hydrogen) atoms. The van der Waals surface area contributed by atoms with E-state index in [1.54, 1.807) is 0 Å². The third-order valence-corrected chi connectivity index (χ3v) is 4.65. The summed E-state index contributed by atoms with van der Waals surface area (Å²) in [4.78, 5) is 2.53. The first-order valence-corrected chi connectivity index (χ1v) is 7.51. The molecular formula is C14H26N2O2. The van der Waals surface area contributed by atoms with Crippen molar-refractivity contribution < 1.29 is 9.47 Å². The molecule has 2 unspecified atom stereocenters. The quantitative estimate of drug-likeness (QED) is 0.824. The van der Waals surface area contributed by atoms with Crippen LogP contribution in [0.1, 0.15) is 38.5 Å². The van der Waals surface area contributed by atoms with Gasteiger partial charge in [-0.15, -0.1) is 0 Å². The number of nitrogens with zero attached hydrogens (tertiary/aromatic N) is 1. The first kappa shape index (κ1) is 12.9. The Hall–Kier alpha value is -0.160. The molecule has 3 fully saturated rings. The molecule has 0 aromatic carbocycles. The van der Waals surface area contributed by atoms with Gasteiger partial charge in [-0.05, 0) is 39.3 Å². The van der Waals surface area contributed by atoms with Crippen LogP contribution in [0.25, 0.3) is 0 Å². The van der Waals surface area contributed by atoms with Gasteiger partial charge in [0.25, 0.3) is 0 Å². The molecule has 4 heteroatoms. The standard InChI is InChI=1S/C14H26N2O2/c1-15-12-5-4-8-16(9-12)10-13-11-17-14(18-13)6-2-3-7-14/h12-13,15H,2-11H2,1H3. The van der Waals surface area contributed by atoms with Crippen LogP contribution in [0.15, 0.2) is 0 Å². The van der Waals surface area contributed by atoms with Crippen LogP contribution in [0.4, 0.5) is 0 Å². The Morgan fingerprint density at radius 3 is 2.89 bits per heavy atom. The molecule has 1 spiro atoms. The van der Waals surface area contributed by atoms with E-state index in [1.165, 1.54) is 32.2 Å². The minimum Gasteiger partial charge on any atom is -0.347 e. The smallest absolute Gasteiger partial charge is 0.168 e. The lowest BCUT2D eigenvalue weighted by Gasteiger charge is -2.34. The predicted molar refractivity (Wildman–Crippen MR) is 70.5 cm³/mol. The average molecular weight is 254 g/mol. The zero-order chi connectivity index (χ0) is 12.4. The van der Waals surface area contributed by atoms with Crippen molar-refractivity contribution in [3.05, 3.63) is 0 Å². The summed E-state index contributed by atoms with van der Waals surface area (Å²) in [6.45, 7) is 4.20. The van der Waals surface area contributed by atoms with Crippen molar-refractivity contribution in [2.75, 3.05) is 33.3 Å². The van der Waals surface area contributed by atoms with E-state index >= 15 is 0 Å². The Balaban J connectivity index is 1.48. The molecule has 1 aliphatic carbocycles. The molecule has 1 N–H and O–H groups in total. The molecule has 0 radical (unpaired) electrons. The molecule has 2 aliphatic heterocycles. The predicted octanol–water partition coefficient (Wildman–Crippen LogP) is 1.36. The van der Waals surface area contributed by atoms with Crippen LogP contribution in [0.2, 0.25) is 0 Å². The van der Waals surface area contributed by atoms with Gasteiger partial charge in [0.1, 0.15) is 0 Å². The first-order valence-electron chi connectivity index (χ1n) is 7.51. The summed E-state index contributed by atoms with van der Waals surface area (Å²) in [7, 11) is 2.07. The van der Waals surface area contributed by atoms with E-state index in [2.05, 4.69) is 17.3 Å². The van der Waals surface area contributed by atoms with Crippen LogP contribution < -0.4 is 5.32 Å². The SMILES string of the molecule is CNC1CCCN(CC2COC3(CCCC3)O2)C1. The van der Waals surface area contributed by atoms with Gasteiger partial charge in [-0.2, -0.15) is 0 Å². The molecule has 3 rings (SSSR count). The van der Waals surface area contributed by atoms with Crippen LogP contribution in [-0.4, -0.2) is 56.1 Å². The number of ether oxygens (including phenoxy) is 2. The highest BCUT2D eigenvalue weighted by atomic mass is 16.7. The zero-order valence-electron chi connectivity index (χ0n) is 11.5. The van der Waals surface area contributed by atoms with E-state index in [0.29, 0.717) is 12.1 Å². The first-order chi connectivity index (χ1) is 8.80. The molecule has 0 aromatic heterocycles. The maximum Gasteiger partial charge on any atom is 0.168 e. The van der Waals surface area contributed by atoms with Gasteiger partial charge in [0.05, 0.1) is 12.7 Å². The summed E-state index contributed by atoms with van der Waals surface area (Å²) < 4.78 is 12.1. The van der Waals surface area contributed by atoms with E-state index < -0.39 is 0 Å². The van der Waals surface area contributed by atoms with Gasteiger partial charge in [-0.3, -0.25) is 4.90 Å². The van der Waals surface area contributed by atoms with Crippen molar-refractivity contribution in [1.29, 1.82) is 0 Å². The minimum absolute atomic E-state index is 0.192. The number of rotatable bonds is 3. The molecule has 0 aromatic rings. The molecule has 4 nitrogen and oxygen atoms in total. The van der Waals surface area contributed by atoms with Crippen LogP contribution >= 0.6 is 0 Å². The van der Waals surface area contributed by atoms with Crippen molar-refractivity contribution in [2.45, 2.75) is 56.5 Å². The van der Waals surface area contributed by atoms with E-state index in [4.69, 9.17) is 9.47 Å². The number of piperidine rings is 1. The lowest BCUT2D eigenvalue weighted by molar-refractivity contribution is -0.163. The van der Waals surface area contributed by atoms with Crippen molar-refractivity contribution in [1.82, 2.24) is 10.2 Å². The van der Waals surface area contributed by atoms with E-state index in [1.807, 2.05) is 0 Å². The average Bonchev–Trinajstić information content (AvgIpc) is 3.01. The number of hydrogen-bond acceptors (Lipinski definition) is 4. The molecule has 2 heterocycles. The second kappa shape index (κ2) is 5.45. The monoisotopic (exact) mass is 254 g/mol. The van der Waals surface area contributed by atoms with Gasteiger partial charge in [0.15, 0.2) is 5.79 Å². The number of likely N-dealkylation sites (N-methyl/N-ethyl adjacent to an activating group) is 1. The van der Waals surface area contributed by atoms with Gasteiger partial charge < -0.3 is 14.8 Å². The summed E-state index contributed by atoms with van der Waals surface area (Å²) in [5.41, 5.74) is 0. The second-order valence-corrected chi connectivity index (χ2v) is 6.06. The van der Waals surface area contributed by atoms with Crippen LogP contribution in [0.3, 0.4) is 0 Å². The Kier molecular flexibility index (Phi) is 3.89. The molecule has 0 amide bonds. The molecule has 0 bridgehead atoms. The van der Waals surface area contributed by atoms with Gasteiger partial charge in [0.2, 0.25) is 0 Å². The molecule has 1 saturated carbocycles. The summed E-state index contributed by atoms with van der Waals surface area (Å²) >= 11 is 0. The molecule has 2 atom stereocenters. The summed E-state index contributed by atoms with van der Waals surface area (Å²) in [6.07, 6.45) is 7.61. The fraction of sp³-hybridized carbons (Fsp3) is 1.00. The number of nitrogens with one attached hydrogen (secondary N) is 1. The maximum absolute atomic E-state index is 6.20. The third kappa shape index (κ3) is 2.72. The Morgan fingerprint density at radius 1 is 1.28 bits per heavy atom. The van der Waals surface area contributed by atoms with E-state index in [-0.39, 0.29) is 5.79 Å². The van der Waals surface area contributed by atoms with E-state index in [9.17, 15) is 0 Å². The lowest BCUT2D eigenvalue weighted by atomic mass is 10.1. The van der Waals surface area contributed by atoms with Crippen LogP contribution in [0, 0.1) is 0 Å². The Bertz CT molecular complexity index is 279. The van der Waals surface area contributed by atoms with Crippen molar-refractivity contribution >= 4 is 0 Å². The van der Waals surface area contributed by atoms with Crippen molar-refractivity contribution in [2.24, 2.45) is 0 Å². The van der Waals surface area contributed by atoms with Crippen LogP contribution in [-0.2, 0) is 9.47 Å². The number of hydrogen-bond donors (Lipinski definition) is 1. The Labute approximate surface area is 110 Å². The Morgan fingerprint density at radius 2 is 2.11 bits per heavy atom. The second-order valence-electron chi connectivity index (χ2n) is 6.06. The highest BCUT2D eigenvalue weighted by Crippen LogP contribution is 2.39. The molecule has 2 saturated heterocycles. The highest BCUT2D eigenvalue weighted by molar-refractivity contribution is 4.86. The van der Waals surface area contributed by atoms with E-state index in [0.717, 1.165) is 32.5 Å². The van der Waals surface area contributed by atoms with Gasteiger partial charge in [-0.25, -0.2) is 0 Å². The maximum atomic E-state index is 6.20. The highest BCUT2D eigenvalue weighted by Gasteiger charge is 2.44. The fourth-order valence-corrected chi connectivity index (χ4v) is 3.63. The molecule has 104 valence electrons. The topological polar surface area (TPSA) is 33.7 Å². The fourth-order valence-electron chi connectivity index (χ4n) is 3.63. The van der Waals surface area contributed by atoms with Crippen molar-refractivity contribution in [3.63, 3.8) is 0 Å². The number of likely N-dealkylation sites (tertiary alicyclic amines) is 1. The lowest BCUT2D eigenvalue weighted by Crippen LogP contribution is -2.47. The normalized spacial score (nSPS) is 36.5. The summed E-state index contributed by atoms with van der Waals surface area (Å²) in [5, 5.41) is 3.39. The molecule has 3 aliphatic rings. The summed E-state index contributed by atoms with van der Waals surface area (Å²) in [6, 6.07) is 0.654. The zero-order valence-corrected chi connectivity index (χ0v) is 11.5. The third-order valence-electron chi connectivity index (χ3n) is 4.65. The van der Waals surface area contributed by atoms with Crippen molar-refractivity contribution in [3.8, 4) is 0 Å². The van der Waals surface area contributed by atoms with Crippen LogP contribution in [0.5, 0.6) is 0 Å². The molecular weight excluding hydrogens is 228 g/mol. The minimum atomic E-state index is -0.192. The van der Waals surface area contributed by atoms with Gasteiger partial charge >= 0.3 is 0 Å². The van der Waals surface area contributed by atoms with Gasteiger partial charge in [-0.1, -0.05) is 0 Å². The summed E-state index contributed by atoms with van der Waals surface area (Å²) in [5.74, 6) is -0.192. The largest absolute Gasteiger partial charge is 0.347 e.